The maximum atomic E-state index is 11.9. The first-order valence-corrected chi connectivity index (χ1v) is 8.31. The molecule has 0 fully saturated rings. The van der Waals surface area contributed by atoms with Crippen molar-refractivity contribution in [2.45, 2.75) is 78.6 Å². The third-order valence-electron chi connectivity index (χ3n) is 3.30. The average Bonchev–Trinajstić information content (AvgIpc) is 2.40. The summed E-state index contributed by atoms with van der Waals surface area (Å²) in [4.78, 5) is 11.9. The highest BCUT2D eigenvalue weighted by atomic mass is 28.2. The molecule has 0 N–H and O–H groups in total. The van der Waals surface area contributed by atoms with Crippen molar-refractivity contribution >= 4 is 16.5 Å². The molecule has 0 radical (unpaired) electrons. The van der Waals surface area contributed by atoms with Crippen LogP contribution in [-0.4, -0.2) is 16.5 Å². The Balaban J connectivity index is 4.89. The minimum atomic E-state index is -0.0441. The molecular formula is C15H30O2Si. The van der Waals surface area contributed by atoms with Gasteiger partial charge in [-0.25, -0.2) is 4.79 Å². The van der Waals surface area contributed by atoms with Gasteiger partial charge in [-0.05, 0) is 38.5 Å². The molecule has 0 aromatic heterocycles. The summed E-state index contributed by atoms with van der Waals surface area (Å²) in [6.45, 7) is 6.57. The quantitative estimate of drug-likeness (QED) is 0.447. The molecule has 0 atom stereocenters. The van der Waals surface area contributed by atoms with E-state index in [1.54, 1.807) is 0 Å². The zero-order chi connectivity index (χ0) is 13.8. The van der Waals surface area contributed by atoms with Crippen molar-refractivity contribution in [3.63, 3.8) is 0 Å². The molecule has 0 unspecified atom stereocenters. The molecule has 3 heteroatoms. The molecule has 0 spiro atoms. The van der Waals surface area contributed by atoms with Gasteiger partial charge in [-0.2, -0.15) is 0 Å². The fourth-order valence-corrected chi connectivity index (χ4v) is 2.35. The van der Waals surface area contributed by atoms with Gasteiger partial charge in [0.05, 0.1) is 0 Å². The van der Waals surface area contributed by atoms with Gasteiger partial charge in [0, 0.05) is 5.57 Å². The second kappa shape index (κ2) is 11.5. The normalized spacial score (nSPS) is 10.4. The topological polar surface area (TPSA) is 26.3 Å². The van der Waals surface area contributed by atoms with Crippen molar-refractivity contribution in [3.05, 3.63) is 11.1 Å². The van der Waals surface area contributed by atoms with Crippen LogP contribution in [0.3, 0.4) is 0 Å². The van der Waals surface area contributed by atoms with E-state index in [2.05, 4.69) is 20.8 Å². The summed E-state index contributed by atoms with van der Waals surface area (Å²) in [6.07, 6.45) is 10.0. The van der Waals surface area contributed by atoms with Crippen LogP contribution in [-0.2, 0) is 9.22 Å². The predicted octanol–water partition coefficient (Wildman–Crippen LogP) is 3.68. The van der Waals surface area contributed by atoms with E-state index >= 15 is 0 Å². The summed E-state index contributed by atoms with van der Waals surface area (Å²) in [5.41, 5.74) is 2.36. The van der Waals surface area contributed by atoms with Crippen molar-refractivity contribution in [3.8, 4) is 0 Å². The van der Waals surface area contributed by atoms with Gasteiger partial charge in [-0.15, -0.1) is 0 Å². The molecule has 0 saturated heterocycles. The number of unbranched alkanes of at least 4 members (excludes halogenated alkanes) is 3. The van der Waals surface area contributed by atoms with Crippen LogP contribution in [0.4, 0.5) is 0 Å². The Morgan fingerprint density at radius 2 is 1.33 bits per heavy atom. The number of carbonyl (C=O) groups is 1. The second-order valence-corrected chi connectivity index (χ2v) is 5.29. The molecule has 0 aromatic rings. The standard InChI is InChI=1S/C15H30O2Si/c1-4-7-10-13(11-8-5-2)14(12-9-6-3)15(16)17-18/h4-12H2,1-3,18H3. The van der Waals surface area contributed by atoms with Gasteiger partial charge in [0.25, 0.3) is 0 Å². The SMILES string of the molecule is CCCCC(CCCC)=C(CCCC)C(=O)O[SiH3]. The smallest absolute Gasteiger partial charge is 0.319 e. The van der Waals surface area contributed by atoms with Crippen LogP contribution in [0.2, 0.25) is 0 Å². The van der Waals surface area contributed by atoms with Crippen molar-refractivity contribution < 1.29 is 9.22 Å². The molecule has 0 rings (SSSR count). The Bertz CT molecular complexity index is 249. The molecule has 0 aliphatic carbocycles. The molecule has 0 amide bonds. The van der Waals surface area contributed by atoms with Crippen LogP contribution in [0.1, 0.15) is 78.6 Å². The van der Waals surface area contributed by atoms with Gasteiger partial charge in [0.2, 0.25) is 10.5 Å². The summed E-state index contributed by atoms with van der Waals surface area (Å²) < 4.78 is 5.09. The molecule has 0 bridgehead atoms. The zero-order valence-corrected chi connectivity index (χ0v) is 14.7. The van der Waals surface area contributed by atoms with E-state index < -0.39 is 0 Å². The third-order valence-corrected chi connectivity index (χ3v) is 3.67. The van der Waals surface area contributed by atoms with Crippen LogP contribution >= 0.6 is 0 Å². The molecular weight excluding hydrogens is 240 g/mol. The van der Waals surface area contributed by atoms with Crippen LogP contribution in [0.5, 0.6) is 0 Å². The lowest BCUT2D eigenvalue weighted by Crippen LogP contribution is -2.09. The minimum absolute atomic E-state index is 0.0441. The van der Waals surface area contributed by atoms with E-state index in [1.165, 1.54) is 31.3 Å². The molecule has 0 heterocycles. The van der Waals surface area contributed by atoms with Gasteiger partial charge in [-0.3, -0.25) is 0 Å². The summed E-state index contributed by atoms with van der Waals surface area (Å²) in [5.74, 6) is -0.0441. The van der Waals surface area contributed by atoms with Gasteiger partial charge in [-0.1, -0.05) is 45.6 Å². The predicted molar refractivity (Wildman–Crippen MR) is 81.6 cm³/mol. The first-order chi connectivity index (χ1) is 8.71. The van der Waals surface area contributed by atoms with Crippen molar-refractivity contribution in [1.29, 1.82) is 0 Å². The highest BCUT2D eigenvalue weighted by molar-refractivity contribution is 6.09. The maximum Gasteiger partial charge on any atom is 0.319 e. The lowest BCUT2D eigenvalue weighted by molar-refractivity contribution is -0.130. The molecule has 0 aliphatic rings. The number of carbonyl (C=O) groups excluding carboxylic acids is 1. The maximum absolute atomic E-state index is 11.9. The Morgan fingerprint density at radius 3 is 1.72 bits per heavy atom. The monoisotopic (exact) mass is 270 g/mol. The summed E-state index contributed by atoms with van der Waals surface area (Å²) in [5, 5.41) is 0. The number of rotatable bonds is 10. The van der Waals surface area contributed by atoms with Crippen LogP contribution in [0.15, 0.2) is 11.1 Å². The van der Waals surface area contributed by atoms with Crippen molar-refractivity contribution in [1.82, 2.24) is 0 Å². The number of hydrogen-bond donors (Lipinski definition) is 0. The van der Waals surface area contributed by atoms with E-state index in [4.69, 9.17) is 4.43 Å². The van der Waals surface area contributed by atoms with Crippen molar-refractivity contribution in [2.75, 3.05) is 0 Å². The van der Waals surface area contributed by atoms with Gasteiger partial charge >= 0.3 is 5.97 Å². The van der Waals surface area contributed by atoms with Gasteiger partial charge in [0.1, 0.15) is 0 Å². The fourth-order valence-electron chi connectivity index (χ4n) is 2.11. The van der Waals surface area contributed by atoms with Crippen molar-refractivity contribution in [2.24, 2.45) is 0 Å². The third kappa shape index (κ3) is 6.99. The van der Waals surface area contributed by atoms with E-state index in [9.17, 15) is 4.79 Å². The summed E-state index contributed by atoms with van der Waals surface area (Å²) >= 11 is 0. The lowest BCUT2D eigenvalue weighted by atomic mass is 9.94. The highest BCUT2D eigenvalue weighted by Gasteiger charge is 2.14. The van der Waals surface area contributed by atoms with Gasteiger partial charge in [0.15, 0.2) is 0 Å². The van der Waals surface area contributed by atoms with E-state index in [-0.39, 0.29) is 5.97 Å². The first-order valence-electron chi connectivity index (χ1n) is 7.50. The molecule has 106 valence electrons. The van der Waals surface area contributed by atoms with E-state index in [0.29, 0.717) is 10.5 Å². The number of hydrogen-bond acceptors (Lipinski definition) is 2. The summed E-state index contributed by atoms with van der Waals surface area (Å²) in [6, 6.07) is 0. The average molecular weight is 270 g/mol. The largest absolute Gasteiger partial charge is 0.525 e. The summed E-state index contributed by atoms with van der Waals surface area (Å²) in [7, 11) is 0.501. The molecule has 0 aliphatic heterocycles. The minimum Gasteiger partial charge on any atom is -0.525 e. The highest BCUT2D eigenvalue weighted by Crippen LogP contribution is 2.23. The zero-order valence-electron chi connectivity index (χ0n) is 12.7. The molecule has 0 saturated carbocycles. The fraction of sp³-hybridized carbons (Fsp3) is 0.800. The Kier molecular flexibility index (Phi) is 11.1. The van der Waals surface area contributed by atoms with Crippen LogP contribution in [0, 0.1) is 0 Å². The molecule has 18 heavy (non-hydrogen) atoms. The van der Waals surface area contributed by atoms with E-state index in [0.717, 1.165) is 37.7 Å². The lowest BCUT2D eigenvalue weighted by Gasteiger charge is -2.14. The van der Waals surface area contributed by atoms with E-state index in [1.807, 2.05) is 0 Å². The Hall–Kier alpha value is -0.573. The Labute approximate surface area is 116 Å². The second-order valence-electron chi connectivity index (χ2n) is 4.88. The number of allylic oxidation sites excluding steroid dienone is 1. The Morgan fingerprint density at radius 1 is 0.889 bits per heavy atom. The first kappa shape index (κ1) is 17.4. The molecule has 2 nitrogen and oxygen atoms in total. The van der Waals surface area contributed by atoms with Crippen LogP contribution < -0.4 is 0 Å². The van der Waals surface area contributed by atoms with Gasteiger partial charge < -0.3 is 4.43 Å². The molecule has 0 aromatic carbocycles. The van der Waals surface area contributed by atoms with Crippen LogP contribution in [0.25, 0.3) is 0 Å².